The second-order valence-electron chi connectivity index (χ2n) is 9.39. The molecule has 2 saturated carbocycles. The van der Waals surface area contributed by atoms with E-state index in [0.717, 1.165) is 30.2 Å². The number of hydrogen-bond donors (Lipinski definition) is 0. The van der Waals surface area contributed by atoms with Crippen LogP contribution in [0.15, 0.2) is 36.4 Å². The standard InChI is InChI=1S/C26H34F3NO/c27-26(28,29)31-25-17-15-24(16-18-25)23-13-11-21(12-14-23)5-2-1-4-20-7-9-22(10-8-20)6-3-19-30/h3,6,15-18,20-23H,1-2,4-5,7-14H2/b6-3+. The first-order valence-electron chi connectivity index (χ1n) is 11.8. The highest BCUT2D eigenvalue weighted by atomic mass is 19.4. The van der Waals surface area contributed by atoms with Gasteiger partial charge in [0.25, 0.3) is 0 Å². The number of alkyl halides is 3. The molecule has 2 aliphatic carbocycles. The molecule has 1 aromatic rings. The lowest BCUT2D eigenvalue weighted by molar-refractivity contribution is -0.274. The minimum atomic E-state index is -4.63. The van der Waals surface area contributed by atoms with Crippen molar-refractivity contribution in [2.45, 2.75) is 89.3 Å². The Bertz CT molecular complexity index is 719. The van der Waals surface area contributed by atoms with Gasteiger partial charge in [0.1, 0.15) is 5.75 Å². The molecular weight excluding hydrogens is 399 g/mol. The van der Waals surface area contributed by atoms with Crippen molar-refractivity contribution in [3.63, 3.8) is 0 Å². The number of allylic oxidation sites excluding steroid dienone is 2. The predicted molar refractivity (Wildman–Crippen MR) is 116 cm³/mol. The average molecular weight is 434 g/mol. The van der Waals surface area contributed by atoms with Crippen molar-refractivity contribution in [3.05, 3.63) is 42.0 Å². The van der Waals surface area contributed by atoms with E-state index in [-0.39, 0.29) is 5.75 Å². The van der Waals surface area contributed by atoms with Crippen LogP contribution in [0.5, 0.6) is 5.75 Å². The largest absolute Gasteiger partial charge is 0.573 e. The average Bonchev–Trinajstić information content (AvgIpc) is 2.76. The van der Waals surface area contributed by atoms with Crippen LogP contribution < -0.4 is 4.74 Å². The van der Waals surface area contributed by atoms with E-state index in [0.29, 0.717) is 11.8 Å². The molecule has 170 valence electrons. The number of unbranched alkanes of at least 4 members (excludes halogenated alkanes) is 1. The van der Waals surface area contributed by atoms with Gasteiger partial charge in [0.15, 0.2) is 0 Å². The highest BCUT2D eigenvalue weighted by molar-refractivity contribution is 5.29. The lowest BCUT2D eigenvalue weighted by atomic mass is 9.76. The van der Waals surface area contributed by atoms with Gasteiger partial charge in [-0.25, -0.2) is 0 Å². The maximum Gasteiger partial charge on any atom is 0.573 e. The zero-order valence-electron chi connectivity index (χ0n) is 18.2. The first-order valence-corrected chi connectivity index (χ1v) is 11.8. The first kappa shape index (κ1) is 23.7. The zero-order valence-corrected chi connectivity index (χ0v) is 18.2. The van der Waals surface area contributed by atoms with E-state index < -0.39 is 6.36 Å². The van der Waals surface area contributed by atoms with Gasteiger partial charge in [0.05, 0.1) is 6.07 Å². The number of rotatable bonds is 8. The number of nitriles is 1. The SMILES string of the molecule is N#C/C=C/C1CCC(CCCCC2CCC(c3ccc(OC(F)(F)F)cc3)CC2)CC1. The molecule has 31 heavy (non-hydrogen) atoms. The van der Waals surface area contributed by atoms with E-state index in [2.05, 4.69) is 16.9 Å². The molecule has 0 heterocycles. The number of hydrogen-bond acceptors (Lipinski definition) is 2. The number of halogens is 3. The van der Waals surface area contributed by atoms with Crippen molar-refractivity contribution in [2.75, 3.05) is 0 Å². The van der Waals surface area contributed by atoms with Crippen molar-refractivity contribution >= 4 is 0 Å². The predicted octanol–water partition coefficient (Wildman–Crippen LogP) is 8.31. The van der Waals surface area contributed by atoms with E-state index in [1.807, 2.05) is 0 Å². The molecule has 0 saturated heterocycles. The smallest absolute Gasteiger partial charge is 0.406 e. The molecule has 0 amide bonds. The molecule has 0 aliphatic heterocycles. The fourth-order valence-electron chi connectivity index (χ4n) is 5.44. The molecule has 0 aromatic heterocycles. The van der Waals surface area contributed by atoms with E-state index >= 15 is 0 Å². The van der Waals surface area contributed by atoms with Crippen LogP contribution in [-0.2, 0) is 0 Å². The molecular formula is C26H34F3NO. The molecule has 0 spiro atoms. The summed E-state index contributed by atoms with van der Waals surface area (Å²) in [7, 11) is 0. The summed E-state index contributed by atoms with van der Waals surface area (Å²) >= 11 is 0. The van der Waals surface area contributed by atoms with E-state index in [1.54, 1.807) is 18.2 Å². The van der Waals surface area contributed by atoms with Gasteiger partial charge in [-0.1, -0.05) is 43.9 Å². The number of nitrogens with zero attached hydrogens (tertiary/aromatic N) is 1. The van der Waals surface area contributed by atoms with E-state index in [1.165, 1.54) is 76.3 Å². The Kier molecular flexibility index (Phi) is 8.87. The molecule has 2 aliphatic rings. The molecule has 0 N–H and O–H groups in total. The summed E-state index contributed by atoms with van der Waals surface area (Å²) in [4.78, 5) is 0. The molecule has 0 atom stereocenters. The topological polar surface area (TPSA) is 33.0 Å². The molecule has 2 nitrogen and oxygen atoms in total. The highest BCUT2D eigenvalue weighted by Crippen LogP contribution is 2.39. The fourth-order valence-corrected chi connectivity index (χ4v) is 5.44. The molecule has 5 heteroatoms. The lowest BCUT2D eigenvalue weighted by Crippen LogP contribution is -2.17. The normalized spacial score (nSPS) is 27.2. The second kappa shape index (κ2) is 11.6. The molecule has 1 aromatic carbocycles. The Labute approximate surface area is 184 Å². The molecule has 3 rings (SSSR count). The van der Waals surface area contributed by atoms with Crippen LogP contribution in [0.4, 0.5) is 13.2 Å². The Balaban J connectivity index is 1.29. The van der Waals surface area contributed by atoms with Crippen molar-refractivity contribution in [2.24, 2.45) is 17.8 Å². The van der Waals surface area contributed by atoms with Crippen molar-refractivity contribution in [1.82, 2.24) is 0 Å². The number of ether oxygens (including phenoxy) is 1. The summed E-state index contributed by atoms with van der Waals surface area (Å²) in [5.74, 6) is 2.60. The van der Waals surface area contributed by atoms with Crippen molar-refractivity contribution < 1.29 is 17.9 Å². The summed E-state index contributed by atoms with van der Waals surface area (Å²) in [6.07, 6.45) is 14.2. The van der Waals surface area contributed by atoms with E-state index in [9.17, 15) is 13.2 Å². The van der Waals surface area contributed by atoms with Gasteiger partial charge in [-0.3, -0.25) is 0 Å². The zero-order chi connectivity index (χ0) is 22.1. The minimum absolute atomic E-state index is 0.142. The van der Waals surface area contributed by atoms with Gasteiger partial charge in [0.2, 0.25) is 0 Å². The van der Waals surface area contributed by atoms with Gasteiger partial charge in [-0.05, 0) is 92.7 Å². The lowest BCUT2D eigenvalue weighted by Gasteiger charge is -2.29. The second-order valence-corrected chi connectivity index (χ2v) is 9.39. The summed E-state index contributed by atoms with van der Waals surface area (Å²) in [5, 5.41) is 8.64. The minimum Gasteiger partial charge on any atom is -0.406 e. The monoisotopic (exact) mass is 433 g/mol. The molecule has 0 bridgehead atoms. The Morgan fingerprint density at radius 2 is 1.42 bits per heavy atom. The van der Waals surface area contributed by atoms with Crippen LogP contribution in [-0.4, -0.2) is 6.36 Å². The summed E-state index contributed by atoms with van der Waals surface area (Å²) in [5.41, 5.74) is 1.13. The van der Waals surface area contributed by atoms with Crippen LogP contribution in [0.3, 0.4) is 0 Å². The van der Waals surface area contributed by atoms with Crippen LogP contribution in [0, 0.1) is 29.1 Å². The van der Waals surface area contributed by atoms with Crippen molar-refractivity contribution in [3.8, 4) is 11.8 Å². The van der Waals surface area contributed by atoms with Crippen LogP contribution in [0.2, 0.25) is 0 Å². The van der Waals surface area contributed by atoms with Gasteiger partial charge in [-0.15, -0.1) is 13.2 Å². The Morgan fingerprint density at radius 1 is 0.871 bits per heavy atom. The quantitative estimate of drug-likeness (QED) is 0.305. The summed E-state index contributed by atoms with van der Waals surface area (Å²) in [6.45, 7) is 0. The fraction of sp³-hybridized carbons (Fsp3) is 0.654. The third-order valence-electron chi connectivity index (χ3n) is 7.24. The molecule has 0 unspecified atom stereocenters. The Hall–Kier alpha value is -1.96. The maximum absolute atomic E-state index is 12.3. The van der Waals surface area contributed by atoms with E-state index in [4.69, 9.17) is 5.26 Å². The maximum atomic E-state index is 12.3. The highest BCUT2D eigenvalue weighted by Gasteiger charge is 2.31. The van der Waals surface area contributed by atoms with Crippen LogP contribution in [0.1, 0.15) is 88.5 Å². The van der Waals surface area contributed by atoms with Gasteiger partial charge in [-0.2, -0.15) is 5.26 Å². The van der Waals surface area contributed by atoms with Crippen LogP contribution in [0.25, 0.3) is 0 Å². The number of benzene rings is 1. The van der Waals surface area contributed by atoms with Gasteiger partial charge < -0.3 is 4.74 Å². The summed E-state index contributed by atoms with van der Waals surface area (Å²) < 4.78 is 40.8. The van der Waals surface area contributed by atoms with Gasteiger partial charge in [0, 0.05) is 6.08 Å². The van der Waals surface area contributed by atoms with Crippen molar-refractivity contribution in [1.29, 1.82) is 5.26 Å². The van der Waals surface area contributed by atoms with Crippen LogP contribution >= 0.6 is 0 Å². The Morgan fingerprint density at radius 3 is 1.94 bits per heavy atom. The third-order valence-corrected chi connectivity index (χ3v) is 7.24. The molecule has 2 fully saturated rings. The van der Waals surface area contributed by atoms with Gasteiger partial charge >= 0.3 is 6.36 Å². The third kappa shape index (κ3) is 8.24. The first-order chi connectivity index (χ1) is 14.9. The summed E-state index contributed by atoms with van der Waals surface area (Å²) in [6, 6.07) is 8.54. The molecule has 0 radical (unpaired) electrons.